The molecule has 1 atom stereocenters. The lowest BCUT2D eigenvalue weighted by molar-refractivity contribution is -0.139. The van der Waals surface area contributed by atoms with Crippen molar-refractivity contribution in [3.8, 4) is 0 Å². The Labute approximate surface area is 113 Å². The number of thiol groups is 1. The van der Waals surface area contributed by atoms with Crippen molar-refractivity contribution >= 4 is 52.6 Å². The van der Waals surface area contributed by atoms with Gasteiger partial charge in [0.25, 0.3) is 0 Å². The Kier molecular flexibility index (Phi) is 7.25. The summed E-state index contributed by atoms with van der Waals surface area (Å²) in [6.45, 7) is 0. The third-order valence-corrected chi connectivity index (χ3v) is 4.99. The van der Waals surface area contributed by atoms with Gasteiger partial charge in [-0.1, -0.05) is 16.9 Å². The lowest BCUT2D eigenvalue weighted by atomic mass is 10.4. The van der Waals surface area contributed by atoms with Crippen LogP contribution in [0.2, 0.25) is 0 Å². The zero-order valence-corrected chi connectivity index (χ0v) is 11.4. The number of pyridine rings is 1. The Morgan fingerprint density at radius 3 is 2.75 bits per heavy atom. The summed E-state index contributed by atoms with van der Waals surface area (Å²) in [6, 6.07) is 5.41. The molecule has 0 amide bonds. The predicted octanol–water partition coefficient (Wildman–Crippen LogP) is 1.91. The van der Waals surface area contributed by atoms with E-state index >= 15 is 0 Å². The minimum absolute atomic E-state index is 0. The fourth-order valence-corrected chi connectivity index (χ4v) is 3.22. The SMILES string of the molecule is Cl.NC(CS)(SSc1ccccn1)C(=O)O. The predicted molar refractivity (Wildman–Crippen MR) is 73.3 cm³/mol. The van der Waals surface area contributed by atoms with Gasteiger partial charge in [-0.2, -0.15) is 12.6 Å². The lowest BCUT2D eigenvalue weighted by Gasteiger charge is -2.20. The second kappa shape index (κ2) is 7.29. The van der Waals surface area contributed by atoms with Crippen molar-refractivity contribution < 1.29 is 9.90 Å². The molecule has 3 N–H and O–H groups in total. The number of aromatic nitrogens is 1. The average molecular weight is 299 g/mol. The van der Waals surface area contributed by atoms with Crippen molar-refractivity contribution in [2.45, 2.75) is 9.90 Å². The molecule has 4 nitrogen and oxygen atoms in total. The molecule has 0 fully saturated rings. The van der Waals surface area contributed by atoms with Crippen LogP contribution < -0.4 is 5.73 Å². The van der Waals surface area contributed by atoms with Crippen molar-refractivity contribution in [2.75, 3.05) is 5.75 Å². The van der Waals surface area contributed by atoms with E-state index in [9.17, 15) is 4.79 Å². The summed E-state index contributed by atoms with van der Waals surface area (Å²) in [7, 11) is 2.27. The second-order valence-electron chi connectivity index (χ2n) is 2.69. The van der Waals surface area contributed by atoms with Gasteiger partial charge < -0.3 is 10.8 Å². The molecule has 0 radical (unpaired) electrons. The van der Waals surface area contributed by atoms with Crippen LogP contribution in [0.5, 0.6) is 0 Å². The van der Waals surface area contributed by atoms with Gasteiger partial charge in [-0.25, -0.2) is 9.78 Å². The van der Waals surface area contributed by atoms with Gasteiger partial charge in [0, 0.05) is 11.9 Å². The number of halogens is 1. The molecule has 90 valence electrons. The highest BCUT2D eigenvalue weighted by molar-refractivity contribution is 8.77. The molecular weight excluding hydrogens is 288 g/mol. The van der Waals surface area contributed by atoms with Crippen LogP contribution in [0, 0.1) is 0 Å². The number of carbonyl (C=O) groups is 1. The quantitative estimate of drug-likeness (QED) is 0.438. The van der Waals surface area contributed by atoms with Gasteiger partial charge in [0.15, 0.2) is 4.87 Å². The molecular formula is C8H11ClN2O2S3. The molecule has 0 aliphatic heterocycles. The summed E-state index contributed by atoms with van der Waals surface area (Å²) in [6.07, 6.45) is 1.64. The van der Waals surface area contributed by atoms with Gasteiger partial charge in [0.1, 0.15) is 5.03 Å². The molecule has 0 aliphatic rings. The first-order valence-electron chi connectivity index (χ1n) is 3.98. The van der Waals surface area contributed by atoms with E-state index in [1.807, 2.05) is 6.07 Å². The number of nitrogens with zero attached hydrogens (tertiary/aromatic N) is 1. The first-order valence-corrected chi connectivity index (χ1v) is 6.76. The Hall–Kier alpha value is -0.0800. The third-order valence-electron chi connectivity index (χ3n) is 1.51. The standard InChI is InChI=1S/C8H10N2O2S3.ClH/c9-8(5-13,7(11)12)15-14-6-3-1-2-4-10-6;/h1-4,13H,5,9H2,(H,11,12);1H. The van der Waals surface area contributed by atoms with E-state index in [2.05, 4.69) is 17.6 Å². The van der Waals surface area contributed by atoms with Crippen LogP contribution >= 0.6 is 46.6 Å². The average Bonchev–Trinajstić information content (AvgIpc) is 2.27. The number of rotatable bonds is 5. The molecule has 1 unspecified atom stereocenters. The zero-order valence-electron chi connectivity index (χ0n) is 8.07. The second-order valence-corrected chi connectivity index (χ2v) is 5.48. The molecule has 1 aromatic heterocycles. The zero-order chi connectivity index (χ0) is 11.3. The van der Waals surface area contributed by atoms with Gasteiger partial charge in [0.2, 0.25) is 0 Å². The third kappa shape index (κ3) is 4.42. The normalized spacial score (nSPS) is 13.6. The Morgan fingerprint density at radius 1 is 1.62 bits per heavy atom. The summed E-state index contributed by atoms with van der Waals surface area (Å²) in [4.78, 5) is 13.5. The van der Waals surface area contributed by atoms with Crippen LogP contribution in [-0.2, 0) is 4.79 Å². The number of hydrogen-bond acceptors (Lipinski definition) is 6. The topological polar surface area (TPSA) is 76.2 Å². The van der Waals surface area contributed by atoms with Gasteiger partial charge in [-0.15, -0.1) is 12.4 Å². The van der Waals surface area contributed by atoms with E-state index in [0.717, 1.165) is 15.8 Å². The largest absolute Gasteiger partial charge is 0.479 e. The first-order chi connectivity index (χ1) is 7.08. The Bertz CT molecular complexity index is 341. The van der Waals surface area contributed by atoms with E-state index in [-0.39, 0.29) is 18.2 Å². The maximum absolute atomic E-state index is 10.8. The number of carboxylic acid groups (broad SMARTS) is 1. The summed E-state index contributed by atoms with van der Waals surface area (Å²) < 4.78 is 0. The Morgan fingerprint density at radius 2 is 2.31 bits per heavy atom. The van der Waals surface area contributed by atoms with Crippen LogP contribution in [-0.4, -0.2) is 26.7 Å². The minimum Gasteiger partial charge on any atom is -0.479 e. The van der Waals surface area contributed by atoms with Crippen molar-refractivity contribution in [3.63, 3.8) is 0 Å². The molecule has 0 aromatic carbocycles. The van der Waals surface area contributed by atoms with Crippen LogP contribution in [0.1, 0.15) is 0 Å². The van der Waals surface area contributed by atoms with Gasteiger partial charge in [0.05, 0.1) is 0 Å². The number of carboxylic acids is 1. The Balaban J connectivity index is 0.00000225. The highest BCUT2D eigenvalue weighted by Crippen LogP contribution is 2.37. The number of hydrogen-bond donors (Lipinski definition) is 3. The van der Waals surface area contributed by atoms with E-state index in [4.69, 9.17) is 10.8 Å². The van der Waals surface area contributed by atoms with Gasteiger partial charge in [-0.3, -0.25) is 0 Å². The minimum atomic E-state index is -1.38. The van der Waals surface area contributed by atoms with Crippen LogP contribution in [0.3, 0.4) is 0 Å². The van der Waals surface area contributed by atoms with E-state index in [1.165, 1.54) is 10.8 Å². The molecule has 0 saturated carbocycles. The van der Waals surface area contributed by atoms with E-state index in [1.54, 1.807) is 18.3 Å². The molecule has 0 bridgehead atoms. The molecule has 1 heterocycles. The van der Waals surface area contributed by atoms with Crippen molar-refractivity contribution in [2.24, 2.45) is 5.73 Å². The van der Waals surface area contributed by atoms with E-state index in [0.29, 0.717) is 0 Å². The molecule has 8 heteroatoms. The fraction of sp³-hybridized carbons (Fsp3) is 0.250. The van der Waals surface area contributed by atoms with Gasteiger partial charge in [-0.05, 0) is 22.9 Å². The molecule has 0 aliphatic carbocycles. The highest BCUT2D eigenvalue weighted by atomic mass is 35.5. The summed E-state index contributed by atoms with van der Waals surface area (Å²) >= 11 is 3.93. The molecule has 0 spiro atoms. The summed E-state index contributed by atoms with van der Waals surface area (Å²) in [5.74, 6) is -1.02. The smallest absolute Gasteiger partial charge is 0.335 e. The summed E-state index contributed by atoms with van der Waals surface area (Å²) in [5.41, 5.74) is 5.63. The summed E-state index contributed by atoms with van der Waals surface area (Å²) in [5, 5.41) is 9.60. The van der Waals surface area contributed by atoms with Crippen LogP contribution in [0.4, 0.5) is 0 Å². The molecule has 1 aromatic rings. The monoisotopic (exact) mass is 298 g/mol. The van der Waals surface area contributed by atoms with Crippen LogP contribution in [0.25, 0.3) is 0 Å². The lowest BCUT2D eigenvalue weighted by Crippen LogP contribution is -2.45. The molecule has 0 saturated heterocycles. The molecule has 16 heavy (non-hydrogen) atoms. The maximum atomic E-state index is 10.8. The maximum Gasteiger partial charge on any atom is 0.335 e. The van der Waals surface area contributed by atoms with Crippen molar-refractivity contribution in [3.05, 3.63) is 24.4 Å². The highest BCUT2D eigenvalue weighted by Gasteiger charge is 2.34. The number of nitrogens with two attached hydrogens (primary N) is 1. The van der Waals surface area contributed by atoms with Crippen molar-refractivity contribution in [1.29, 1.82) is 0 Å². The van der Waals surface area contributed by atoms with Gasteiger partial charge >= 0.3 is 5.97 Å². The van der Waals surface area contributed by atoms with Crippen LogP contribution in [0.15, 0.2) is 29.4 Å². The molecule has 1 rings (SSSR count). The van der Waals surface area contributed by atoms with E-state index < -0.39 is 10.8 Å². The first kappa shape index (κ1) is 15.9. The van der Waals surface area contributed by atoms with Crippen molar-refractivity contribution in [1.82, 2.24) is 4.98 Å². The number of aliphatic carboxylic acids is 1. The fourth-order valence-electron chi connectivity index (χ4n) is 0.643.